The number of amides is 1. The number of rotatable bonds is 6. The Hall–Kier alpha value is -1.85. The molecule has 4 nitrogen and oxygen atoms in total. The average Bonchev–Trinajstić information content (AvgIpc) is 3.00. The predicted molar refractivity (Wildman–Crippen MR) is 91.0 cm³/mol. The number of carbonyl (C=O) groups is 1. The lowest BCUT2D eigenvalue weighted by Crippen LogP contribution is -2.38. The van der Waals surface area contributed by atoms with Crippen LogP contribution in [0.1, 0.15) is 18.7 Å². The van der Waals surface area contributed by atoms with Crippen LogP contribution in [-0.4, -0.2) is 19.1 Å². The summed E-state index contributed by atoms with van der Waals surface area (Å²) in [6.07, 6.45) is 0. The van der Waals surface area contributed by atoms with Crippen molar-refractivity contribution in [1.82, 2.24) is 5.32 Å². The van der Waals surface area contributed by atoms with Crippen LogP contribution in [0.4, 0.5) is 0 Å². The van der Waals surface area contributed by atoms with Gasteiger partial charge in [-0.2, -0.15) is 0 Å². The van der Waals surface area contributed by atoms with Gasteiger partial charge >= 0.3 is 0 Å². The molecule has 2 rings (SSSR count). The Kier molecular flexibility index (Phi) is 5.57. The van der Waals surface area contributed by atoms with Gasteiger partial charge in [-0.3, -0.25) is 4.79 Å². The van der Waals surface area contributed by atoms with Crippen LogP contribution in [0.25, 0.3) is 11.1 Å². The van der Waals surface area contributed by atoms with Crippen molar-refractivity contribution in [1.29, 1.82) is 0 Å². The molecule has 0 bridgehead atoms. The summed E-state index contributed by atoms with van der Waals surface area (Å²) in [4.78, 5) is 13.0. The zero-order valence-corrected chi connectivity index (χ0v) is 13.9. The van der Waals surface area contributed by atoms with E-state index in [0.717, 1.165) is 21.8 Å². The predicted octanol–water partition coefficient (Wildman–Crippen LogP) is 3.02. The second-order valence-electron chi connectivity index (χ2n) is 5.40. The van der Waals surface area contributed by atoms with Gasteiger partial charge in [0.2, 0.25) is 5.91 Å². The Labute approximate surface area is 135 Å². The summed E-state index contributed by atoms with van der Waals surface area (Å²) in [5.74, 6) is 0.659. The van der Waals surface area contributed by atoms with E-state index < -0.39 is 0 Å². The van der Waals surface area contributed by atoms with Crippen LogP contribution in [-0.2, 0) is 11.3 Å². The number of hydrogen-bond acceptors (Lipinski definition) is 4. The van der Waals surface area contributed by atoms with E-state index in [1.807, 2.05) is 38.1 Å². The molecule has 1 aromatic carbocycles. The molecule has 0 saturated heterocycles. The van der Waals surface area contributed by atoms with Crippen molar-refractivity contribution in [2.75, 3.05) is 7.11 Å². The molecule has 2 aromatic rings. The van der Waals surface area contributed by atoms with Gasteiger partial charge in [-0.25, -0.2) is 0 Å². The quantitative estimate of drug-likeness (QED) is 0.860. The Balaban J connectivity index is 1.97. The number of ether oxygens (including phenoxy) is 1. The topological polar surface area (TPSA) is 64.3 Å². The smallest absolute Gasteiger partial charge is 0.224 e. The first-order chi connectivity index (χ1) is 10.5. The normalized spacial score (nSPS) is 13.5. The van der Waals surface area contributed by atoms with Gasteiger partial charge in [-0.1, -0.05) is 19.1 Å². The second kappa shape index (κ2) is 7.42. The number of methoxy groups -OCH3 is 1. The number of nitrogens with two attached hydrogens (primary N) is 1. The van der Waals surface area contributed by atoms with Crippen LogP contribution in [0.5, 0.6) is 5.75 Å². The first-order valence-electron chi connectivity index (χ1n) is 7.26. The lowest BCUT2D eigenvalue weighted by molar-refractivity contribution is -0.125. The molecule has 118 valence electrons. The largest absolute Gasteiger partial charge is 0.497 e. The molecule has 1 heterocycles. The number of thiophene rings is 1. The second-order valence-corrected chi connectivity index (χ2v) is 6.39. The molecule has 3 N–H and O–H groups in total. The van der Waals surface area contributed by atoms with E-state index in [1.165, 1.54) is 0 Å². The molecule has 0 aliphatic heterocycles. The van der Waals surface area contributed by atoms with Crippen molar-refractivity contribution in [2.45, 2.75) is 26.4 Å². The fraction of sp³-hybridized carbons (Fsp3) is 0.353. The van der Waals surface area contributed by atoms with E-state index in [0.29, 0.717) is 6.54 Å². The summed E-state index contributed by atoms with van der Waals surface area (Å²) >= 11 is 1.64. The van der Waals surface area contributed by atoms with Gasteiger partial charge < -0.3 is 15.8 Å². The molecular weight excluding hydrogens is 296 g/mol. The van der Waals surface area contributed by atoms with Gasteiger partial charge in [0.05, 0.1) is 13.7 Å². The van der Waals surface area contributed by atoms with E-state index in [1.54, 1.807) is 18.4 Å². The molecule has 0 spiro atoms. The van der Waals surface area contributed by atoms with Crippen LogP contribution in [0.2, 0.25) is 0 Å². The minimum absolute atomic E-state index is 0.00519. The molecule has 0 aliphatic carbocycles. The van der Waals surface area contributed by atoms with Crippen molar-refractivity contribution in [2.24, 2.45) is 11.7 Å². The van der Waals surface area contributed by atoms with Crippen LogP contribution in [0.15, 0.2) is 35.7 Å². The molecule has 1 amide bonds. The third-order valence-corrected chi connectivity index (χ3v) is 4.65. The van der Waals surface area contributed by atoms with Crippen molar-refractivity contribution >= 4 is 17.2 Å². The van der Waals surface area contributed by atoms with Gasteiger partial charge in [-0.15, -0.1) is 11.3 Å². The van der Waals surface area contributed by atoms with Gasteiger partial charge in [0, 0.05) is 16.8 Å². The monoisotopic (exact) mass is 318 g/mol. The highest BCUT2D eigenvalue weighted by Gasteiger charge is 2.16. The van der Waals surface area contributed by atoms with Crippen LogP contribution < -0.4 is 15.8 Å². The number of carbonyl (C=O) groups excluding carboxylic acids is 1. The Bertz CT molecular complexity index is 620. The van der Waals surface area contributed by atoms with Gasteiger partial charge in [0.1, 0.15) is 5.75 Å². The van der Waals surface area contributed by atoms with Gasteiger partial charge in [-0.05, 0) is 41.6 Å². The van der Waals surface area contributed by atoms with Crippen molar-refractivity contribution in [3.05, 3.63) is 40.6 Å². The zero-order valence-electron chi connectivity index (χ0n) is 13.1. The van der Waals surface area contributed by atoms with Gasteiger partial charge in [0.25, 0.3) is 0 Å². The summed E-state index contributed by atoms with van der Waals surface area (Å²) in [5, 5.41) is 5.03. The third kappa shape index (κ3) is 4.08. The lowest BCUT2D eigenvalue weighted by Gasteiger charge is -2.14. The maximum Gasteiger partial charge on any atom is 0.224 e. The van der Waals surface area contributed by atoms with E-state index >= 15 is 0 Å². The Morgan fingerprint density at radius 1 is 1.27 bits per heavy atom. The van der Waals surface area contributed by atoms with E-state index in [4.69, 9.17) is 10.5 Å². The SMILES string of the molecule is COc1ccc(-c2csc(CNC(=O)C(C)C(C)N)c2)cc1. The molecule has 2 atom stereocenters. The van der Waals surface area contributed by atoms with Crippen molar-refractivity contribution in [3.8, 4) is 16.9 Å². The number of nitrogens with one attached hydrogen (secondary N) is 1. The maximum absolute atomic E-state index is 11.9. The molecule has 22 heavy (non-hydrogen) atoms. The average molecular weight is 318 g/mol. The Morgan fingerprint density at radius 2 is 1.95 bits per heavy atom. The van der Waals surface area contributed by atoms with E-state index in [2.05, 4.69) is 16.8 Å². The minimum Gasteiger partial charge on any atom is -0.497 e. The van der Waals surface area contributed by atoms with E-state index in [-0.39, 0.29) is 17.9 Å². The van der Waals surface area contributed by atoms with Crippen molar-refractivity contribution in [3.63, 3.8) is 0 Å². The molecule has 5 heteroatoms. The van der Waals surface area contributed by atoms with Crippen LogP contribution in [0.3, 0.4) is 0 Å². The Morgan fingerprint density at radius 3 is 2.55 bits per heavy atom. The first kappa shape index (κ1) is 16.5. The summed E-state index contributed by atoms with van der Waals surface area (Å²) in [6, 6.07) is 9.90. The summed E-state index contributed by atoms with van der Waals surface area (Å²) in [5.41, 5.74) is 8.03. The zero-order chi connectivity index (χ0) is 16.1. The highest BCUT2D eigenvalue weighted by Crippen LogP contribution is 2.27. The maximum atomic E-state index is 11.9. The molecule has 2 unspecified atom stereocenters. The first-order valence-corrected chi connectivity index (χ1v) is 8.14. The molecule has 0 radical (unpaired) electrons. The lowest BCUT2D eigenvalue weighted by atomic mass is 10.0. The summed E-state index contributed by atoms with van der Waals surface area (Å²) in [7, 11) is 1.66. The van der Waals surface area contributed by atoms with Crippen molar-refractivity contribution < 1.29 is 9.53 Å². The number of hydrogen-bond donors (Lipinski definition) is 2. The molecule has 0 fully saturated rings. The molecular formula is C17H22N2O2S. The van der Waals surface area contributed by atoms with Crippen LogP contribution >= 0.6 is 11.3 Å². The van der Waals surface area contributed by atoms with Gasteiger partial charge in [0.15, 0.2) is 0 Å². The molecule has 0 saturated carbocycles. The van der Waals surface area contributed by atoms with Crippen LogP contribution in [0, 0.1) is 5.92 Å². The highest BCUT2D eigenvalue weighted by atomic mass is 32.1. The molecule has 0 aliphatic rings. The summed E-state index contributed by atoms with van der Waals surface area (Å²) in [6.45, 7) is 4.23. The fourth-order valence-corrected chi connectivity index (χ4v) is 2.82. The van der Waals surface area contributed by atoms with E-state index in [9.17, 15) is 4.79 Å². The third-order valence-electron chi connectivity index (χ3n) is 3.72. The molecule has 1 aromatic heterocycles. The minimum atomic E-state index is -0.180. The standard InChI is InChI=1S/C17H22N2O2S/c1-11(12(2)18)17(20)19-9-16-8-14(10-22-16)13-4-6-15(21-3)7-5-13/h4-8,10-12H,9,18H2,1-3H3,(H,19,20). The number of benzene rings is 1. The highest BCUT2D eigenvalue weighted by molar-refractivity contribution is 7.10. The fourth-order valence-electron chi connectivity index (χ4n) is 1.98. The summed E-state index contributed by atoms with van der Waals surface area (Å²) < 4.78 is 5.16.